The fraction of sp³-hybridized carbons (Fsp3) is 0.333. The number of hydrogen-bond acceptors (Lipinski definition) is 3. The SMILES string of the molecule is CCOc1ccccc1NC(=O)C(C)(C)C(=O)Nc1c(C)cc(C)cc1Cl. The van der Waals surface area contributed by atoms with Gasteiger partial charge in [0.25, 0.3) is 0 Å². The van der Waals surface area contributed by atoms with Crippen molar-refractivity contribution in [2.75, 3.05) is 17.2 Å². The van der Waals surface area contributed by atoms with Crippen LogP contribution in [0.2, 0.25) is 5.02 Å². The van der Waals surface area contributed by atoms with Gasteiger partial charge in [-0.15, -0.1) is 0 Å². The van der Waals surface area contributed by atoms with E-state index in [1.807, 2.05) is 32.9 Å². The third-order valence-corrected chi connectivity index (χ3v) is 4.54. The van der Waals surface area contributed by atoms with Crippen LogP contribution in [0.15, 0.2) is 36.4 Å². The van der Waals surface area contributed by atoms with E-state index >= 15 is 0 Å². The summed E-state index contributed by atoms with van der Waals surface area (Å²) >= 11 is 6.26. The maximum atomic E-state index is 12.8. The number of hydrogen-bond donors (Lipinski definition) is 2. The van der Waals surface area contributed by atoms with Crippen molar-refractivity contribution in [2.45, 2.75) is 34.6 Å². The van der Waals surface area contributed by atoms with Crippen LogP contribution >= 0.6 is 11.6 Å². The van der Waals surface area contributed by atoms with Gasteiger partial charge in [0.05, 0.1) is 23.0 Å². The van der Waals surface area contributed by atoms with Crippen LogP contribution in [0.25, 0.3) is 0 Å². The first-order valence-corrected chi connectivity index (χ1v) is 9.16. The van der Waals surface area contributed by atoms with Crippen molar-refractivity contribution in [3.63, 3.8) is 0 Å². The Morgan fingerprint density at radius 2 is 1.70 bits per heavy atom. The Morgan fingerprint density at radius 1 is 1.07 bits per heavy atom. The second-order valence-electron chi connectivity index (χ2n) is 6.90. The average molecular weight is 389 g/mol. The third-order valence-electron chi connectivity index (χ3n) is 4.24. The predicted molar refractivity (Wildman–Crippen MR) is 110 cm³/mol. The molecule has 0 aliphatic rings. The summed E-state index contributed by atoms with van der Waals surface area (Å²) in [7, 11) is 0. The highest BCUT2D eigenvalue weighted by atomic mass is 35.5. The molecule has 0 fully saturated rings. The molecule has 0 saturated heterocycles. The maximum absolute atomic E-state index is 12.8. The molecule has 2 aromatic carbocycles. The maximum Gasteiger partial charge on any atom is 0.239 e. The minimum absolute atomic E-state index is 0.437. The lowest BCUT2D eigenvalue weighted by atomic mass is 9.90. The molecule has 2 rings (SSSR count). The molecule has 2 amide bonds. The van der Waals surface area contributed by atoms with Gasteiger partial charge in [0.1, 0.15) is 11.2 Å². The van der Waals surface area contributed by atoms with E-state index in [-0.39, 0.29) is 0 Å². The number of halogens is 1. The van der Waals surface area contributed by atoms with Gasteiger partial charge in [0, 0.05) is 0 Å². The first-order valence-electron chi connectivity index (χ1n) is 8.78. The van der Waals surface area contributed by atoms with Crippen LogP contribution in [-0.4, -0.2) is 18.4 Å². The monoisotopic (exact) mass is 388 g/mol. The van der Waals surface area contributed by atoms with Gasteiger partial charge >= 0.3 is 0 Å². The number of para-hydroxylation sites is 2. The normalized spacial score (nSPS) is 11.0. The van der Waals surface area contributed by atoms with Gasteiger partial charge in [0.15, 0.2) is 0 Å². The largest absolute Gasteiger partial charge is 0.492 e. The molecule has 5 nitrogen and oxygen atoms in total. The van der Waals surface area contributed by atoms with Gasteiger partial charge in [-0.3, -0.25) is 9.59 Å². The van der Waals surface area contributed by atoms with Crippen LogP contribution in [-0.2, 0) is 9.59 Å². The zero-order chi connectivity index (χ0) is 20.2. The molecule has 0 radical (unpaired) electrons. The topological polar surface area (TPSA) is 67.4 Å². The summed E-state index contributed by atoms with van der Waals surface area (Å²) in [4.78, 5) is 25.6. The predicted octanol–water partition coefficient (Wildman–Crippen LogP) is 4.96. The first-order chi connectivity index (χ1) is 12.7. The number of aryl methyl sites for hydroxylation is 2. The molecule has 27 heavy (non-hydrogen) atoms. The quantitative estimate of drug-likeness (QED) is 0.687. The molecular formula is C21H25ClN2O3. The zero-order valence-corrected chi connectivity index (χ0v) is 17.0. The Balaban J connectivity index is 2.20. The highest BCUT2D eigenvalue weighted by Gasteiger charge is 2.37. The van der Waals surface area contributed by atoms with E-state index in [1.54, 1.807) is 38.1 Å². The number of carbonyl (C=O) groups excluding carboxylic acids is 2. The smallest absolute Gasteiger partial charge is 0.239 e. The summed E-state index contributed by atoms with van der Waals surface area (Å²) in [6.07, 6.45) is 0. The summed E-state index contributed by atoms with van der Waals surface area (Å²) < 4.78 is 5.52. The first kappa shape index (κ1) is 20.8. The number of amides is 2. The molecule has 0 aliphatic carbocycles. The van der Waals surface area contributed by atoms with Crippen LogP contribution in [0, 0.1) is 19.3 Å². The number of anilines is 2. The Labute approximate surface area is 165 Å². The molecule has 2 N–H and O–H groups in total. The number of ether oxygens (including phenoxy) is 1. The van der Waals surface area contributed by atoms with Gasteiger partial charge in [-0.1, -0.05) is 29.8 Å². The van der Waals surface area contributed by atoms with E-state index in [2.05, 4.69) is 10.6 Å². The van der Waals surface area contributed by atoms with Crippen LogP contribution in [0.1, 0.15) is 31.9 Å². The number of benzene rings is 2. The van der Waals surface area contributed by atoms with Crippen LogP contribution in [0.4, 0.5) is 11.4 Å². The number of carbonyl (C=O) groups is 2. The van der Waals surface area contributed by atoms with Gasteiger partial charge in [0.2, 0.25) is 11.8 Å². The van der Waals surface area contributed by atoms with Crippen molar-refractivity contribution in [1.29, 1.82) is 0 Å². The zero-order valence-electron chi connectivity index (χ0n) is 16.3. The highest BCUT2D eigenvalue weighted by Crippen LogP contribution is 2.31. The van der Waals surface area contributed by atoms with Gasteiger partial charge < -0.3 is 15.4 Å². The minimum Gasteiger partial charge on any atom is -0.492 e. The molecule has 0 unspecified atom stereocenters. The lowest BCUT2D eigenvalue weighted by molar-refractivity contribution is -0.135. The Morgan fingerprint density at radius 3 is 2.33 bits per heavy atom. The van der Waals surface area contributed by atoms with Crippen LogP contribution < -0.4 is 15.4 Å². The Bertz CT molecular complexity index is 839. The fourth-order valence-electron chi connectivity index (χ4n) is 2.58. The van der Waals surface area contributed by atoms with E-state index in [0.717, 1.165) is 11.1 Å². The van der Waals surface area contributed by atoms with Crippen LogP contribution in [0.3, 0.4) is 0 Å². The molecular weight excluding hydrogens is 364 g/mol. The van der Waals surface area contributed by atoms with Crippen molar-refractivity contribution >= 4 is 34.8 Å². The number of nitrogens with one attached hydrogen (secondary N) is 2. The molecule has 6 heteroatoms. The van der Waals surface area contributed by atoms with Crippen LogP contribution in [0.5, 0.6) is 5.75 Å². The summed E-state index contributed by atoms with van der Waals surface area (Å²) in [5, 5.41) is 6.02. The fourth-order valence-corrected chi connectivity index (χ4v) is 2.95. The van der Waals surface area contributed by atoms with E-state index in [0.29, 0.717) is 28.8 Å². The van der Waals surface area contributed by atoms with Gasteiger partial charge in [-0.25, -0.2) is 0 Å². The minimum atomic E-state index is -1.32. The molecule has 0 spiro atoms. The summed E-state index contributed by atoms with van der Waals surface area (Å²) in [6, 6.07) is 10.8. The molecule has 0 saturated carbocycles. The molecule has 0 aliphatic heterocycles. The second kappa shape index (κ2) is 8.44. The number of rotatable bonds is 6. The lowest BCUT2D eigenvalue weighted by Crippen LogP contribution is -2.41. The molecule has 0 heterocycles. The van der Waals surface area contributed by atoms with E-state index in [4.69, 9.17) is 16.3 Å². The van der Waals surface area contributed by atoms with Crippen molar-refractivity contribution in [3.8, 4) is 5.75 Å². The lowest BCUT2D eigenvalue weighted by Gasteiger charge is -2.24. The summed E-state index contributed by atoms with van der Waals surface area (Å²) in [5.41, 5.74) is 1.56. The van der Waals surface area contributed by atoms with Crippen molar-refractivity contribution in [1.82, 2.24) is 0 Å². The molecule has 2 aromatic rings. The summed E-state index contributed by atoms with van der Waals surface area (Å²) in [5.74, 6) is -0.322. The molecule has 0 atom stereocenters. The average Bonchev–Trinajstić information content (AvgIpc) is 2.59. The van der Waals surface area contributed by atoms with Crippen molar-refractivity contribution in [2.24, 2.45) is 5.41 Å². The Hall–Kier alpha value is -2.53. The third kappa shape index (κ3) is 4.80. The molecule has 0 bridgehead atoms. The van der Waals surface area contributed by atoms with E-state index < -0.39 is 17.2 Å². The highest BCUT2D eigenvalue weighted by molar-refractivity contribution is 6.34. The van der Waals surface area contributed by atoms with Crippen molar-refractivity contribution < 1.29 is 14.3 Å². The van der Waals surface area contributed by atoms with E-state index in [1.165, 1.54) is 0 Å². The standard InChI is InChI=1S/C21H25ClN2O3/c1-6-27-17-10-8-7-9-16(17)23-19(25)21(4,5)20(26)24-18-14(3)11-13(2)12-15(18)22/h7-12H,6H2,1-5H3,(H,23,25)(H,24,26). The molecule has 144 valence electrons. The van der Waals surface area contributed by atoms with E-state index in [9.17, 15) is 9.59 Å². The van der Waals surface area contributed by atoms with Gasteiger partial charge in [-0.05, 0) is 63.9 Å². The Kier molecular flexibility index (Phi) is 6.50. The van der Waals surface area contributed by atoms with Crippen molar-refractivity contribution in [3.05, 3.63) is 52.5 Å². The van der Waals surface area contributed by atoms with Gasteiger partial charge in [-0.2, -0.15) is 0 Å². The second-order valence-corrected chi connectivity index (χ2v) is 7.31. The molecule has 0 aromatic heterocycles. The summed E-state index contributed by atoms with van der Waals surface area (Å²) in [6.45, 7) is 9.26.